The van der Waals surface area contributed by atoms with E-state index in [4.69, 9.17) is 21.3 Å². The Kier molecular flexibility index (Phi) is 6.72. The molecule has 0 fully saturated rings. The lowest BCUT2D eigenvalue weighted by molar-refractivity contribution is 0.413. The van der Waals surface area contributed by atoms with E-state index in [2.05, 4.69) is 64.0 Å². The van der Waals surface area contributed by atoms with Crippen molar-refractivity contribution in [1.82, 2.24) is 19.4 Å². The number of anilines is 3. The highest BCUT2D eigenvalue weighted by molar-refractivity contribution is 6.33. The van der Waals surface area contributed by atoms with Crippen molar-refractivity contribution in [3.63, 3.8) is 0 Å². The molecule has 172 valence electrons. The first-order valence-corrected chi connectivity index (χ1v) is 11.1. The fourth-order valence-electron chi connectivity index (χ4n) is 3.77. The van der Waals surface area contributed by atoms with E-state index in [-0.39, 0.29) is 0 Å². The number of hydrogen-bond acceptors (Lipinski definition) is 6. The van der Waals surface area contributed by atoms with E-state index in [1.54, 1.807) is 13.3 Å². The minimum Gasteiger partial charge on any atom is -0.494 e. The maximum Gasteiger partial charge on any atom is 0.227 e. The first-order chi connectivity index (χ1) is 15.9. The highest BCUT2D eigenvalue weighted by Crippen LogP contribution is 2.35. The summed E-state index contributed by atoms with van der Waals surface area (Å²) in [6, 6.07) is 14.2. The molecule has 0 unspecified atom stereocenters. The van der Waals surface area contributed by atoms with Crippen molar-refractivity contribution in [3.8, 4) is 17.0 Å². The minimum absolute atomic E-state index is 0.453. The van der Waals surface area contributed by atoms with Gasteiger partial charge in [0.2, 0.25) is 5.95 Å². The fraction of sp³-hybridized carbons (Fsp3) is 0.280. The van der Waals surface area contributed by atoms with Gasteiger partial charge < -0.3 is 24.4 Å². The summed E-state index contributed by atoms with van der Waals surface area (Å²) in [5, 5.41) is 4.89. The minimum atomic E-state index is 0.453. The second-order valence-electron chi connectivity index (χ2n) is 8.30. The molecule has 0 bridgehead atoms. The number of likely N-dealkylation sites (N-methyl/N-ethyl adjacent to an activating group) is 2. The average molecular weight is 465 g/mol. The third kappa shape index (κ3) is 4.89. The van der Waals surface area contributed by atoms with Gasteiger partial charge in [-0.25, -0.2) is 9.97 Å². The molecular weight excluding hydrogens is 436 g/mol. The van der Waals surface area contributed by atoms with Gasteiger partial charge in [0, 0.05) is 61.6 Å². The Morgan fingerprint density at radius 2 is 1.88 bits per heavy atom. The van der Waals surface area contributed by atoms with Gasteiger partial charge in [0.1, 0.15) is 5.75 Å². The second-order valence-corrected chi connectivity index (χ2v) is 8.70. The van der Waals surface area contributed by atoms with Crippen LogP contribution in [0.2, 0.25) is 5.02 Å². The van der Waals surface area contributed by atoms with E-state index in [0.717, 1.165) is 46.7 Å². The summed E-state index contributed by atoms with van der Waals surface area (Å²) < 4.78 is 7.72. The zero-order valence-corrected chi connectivity index (χ0v) is 20.4. The Morgan fingerprint density at radius 3 is 2.64 bits per heavy atom. The average Bonchev–Trinajstić information content (AvgIpc) is 3.15. The molecule has 4 aromatic rings. The highest BCUT2D eigenvalue weighted by Gasteiger charge is 2.15. The molecule has 33 heavy (non-hydrogen) atoms. The predicted octanol–water partition coefficient (Wildman–Crippen LogP) is 5.04. The molecule has 0 amide bonds. The van der Waals surface area contributed by atoms with E-state index in [9.17, 15) is 0 Å². The first-order valence-electron chi connectivity index (χ1n) is 10.7. The number of para-hydroxylation sites is 1. The third-order valence-corrected chi connectivity index (χ3v) is 5.93. The summed E-state index contributed by atoms with van der Waals surface area (Å²) in [5.41, 5.74) is 4.63. The number of nitrogens with one attached hydrogen (secondary N) is 1. The third-order valence-electron chi connectivity index (χ3n) is 5.65. The Morgan fingerprint density at radius 1 is 1.09 bits per heavy atom. The van der Waals surface area contributed by atoms with Crippen molar-refractivity contribution in [2.24, 2.45) is 7.05 Å². The van der Waals surface area contributed by atoms with Crippen LogP contribution in [-0.4, -0.2) is 60.8 Å². The van der Waals surface area contributed by atoms with Gasteiger partial charge in [0.05, 0.1) is 29.7 Å². The van der Waals surface area contributed by atoms with Gasteiger partial charge in [-0.2, -0.15) is 0 Å². The lowest BCUT2D eigenvalue weighted by Gasteiger charge is -2.23. The summed E-state index contributed by atoms with van der Waals surface area (Å²) in [7, 11) is 9.89. The Balaban J connectivity index is 1.63. The highest BCUT2D eigenvalue weighted by atomic mass is 35.5. The molecule has 0 aliphatic carbocycles. The molecular formula is C25H29ClN6O. The number of methoxy groups -OCH3 is 1. The number of ether oxygens (including phenoxy) is 1. The number of rotatable bonds is 8. The normalized spacial score (nSPS) is 11.2. The van der Waals surface area contributed by atoms with Crippen molar-refractivity contribution in [3.05, 3.63) is 59.9 Å². The van der Waals surface area contributed by atoms with Crippen molar-refractivity contribution < 1.29 is 4.74 Å². The Bertz CT molecular complexity index is 1270. The summed E-state index contributed by atoms with van der Waals surface area (Å²) in [6.07, 6.45) is 3.67. The number of aromatic nitrogens is 3. The largest absolute Gasteiger partial charge is 0.494 e. The monoisotopic (exact) mass is 464 g/mol. The van der Waals surface area contributed by atoms with Gasteiger partial charge >= 0.3 is 0 Å². The molecule has 0 aliphatic heterocycles. The first kappa shape index (κ1) is 22.9. The van der Waals surface area contributed by atoms with Gasteiger partial charge in [-0.05, 0) is 32.3 Å². The van der Waals surface area contributed by atoms with Gasteiger partial charge in [-0.1, -0.05) is 29.8 Å². The van der Waals surface area contributed by atoms with Crippen LogP contribution in [0.25, 0.3) is 22.2 Å². The molecule has 2 aromatic carbocycles. The molecule has 0 spiro atoms. The smallest absolute Gasteiger partial charge is 0.227 e. The van der Waals surface area contributed by atoms with Gasteiger partial charge in [-0.3, -0.25) is 0 Å². The van der Waals surface area contributed by atoms with Crippen LogP contribution in [0.5, 0.6) is 5.75 Å². The Hall–Kier alpha value is -3.29. The van der Waals surface area contributed by atoms with Crippen molar-refractivity contribution in [2.45, 2.75) is 0 Å². The fourth-order valence-corrected chi connectivity index (χ4v) is 3.96. The van der Waals surface area contributed by atoms with Crippen LogP contribution in [-0.2, 0) is 7.05 Å². The molecule has 0 radical (unpaired) electrons. The molecule has 8 heteroatoms. The van der Waals surface area contributed by atoms with Crippen molar-refractivity contribution in [2.75, 3.05) is 51.6 Å². The molecule has 4 rings (SSSR count). The molecule has 0 aliphatic rings. The van der Waals surface area contributed by atoms with E-state index in [0.29, 0.717) is 16.7 Å². The van der Waals surface area contributed by atoms with E-state index in [1.807, 2.05) is 37.5 Å². The SMILES string of the molecule is COc1cc(N(C)CCN(C)C)ccc1Nc1ncc(Cl)c(-c2cn(C)c3ccccc23)n1. The predicted molar refractivity (Wildman–Crippen MR) is 137 cm³/mol. The second kappa shape index (κ2) is 9.68. The van der Waals surface area contributed by atoms with Crippen LogP contribution in [0.3, 0.4) is 0 Å². The molecule has 2 aromatic heterocycles. The number of halogens is 1. The van der Waals surface area contributed by atoms with Gasteiger partial charge in [0.15, 0.2) is 0 Å². The zero-order chi connectivity index (χ0) is 23.5. The molecule has 0 atom stereocenters. The van der Waals surface area contributed by atoms with Crippen LogP contribution in [0.4, 0.5) is 17.3 Å². The molecule has 1 N–H and O–H groups in total. The molecule has 0 saturated carbocycles. The molecule has 2 heterocycles. The maximum absolute atomic E-state index is 6.51. The topological polar surface area (TPSA) is 58.5 Å². The van der Waals surface area contributed by atoms with Crippen LogP contribution >= 0.6 is 11.6 Å². The molecule has 7 nitrogen and oxygen atoms in total. The number of aryl methyl sites for hydroxylation is 1. The van der Waals surface area contributed by atoms with Crippen molar-refractivity contribution in [1.29, 1.82) is 0 Å². The lowest BCUT2D eigenvalue weighted by Crippen LogP contribution is -2.28. The van der Waals surface area contributed by atoms with Crippen LogP contribution in [0.1, 0.15) is 0 Å². The van der Waals surface area contributed by atoms with Crippen LogP contribution in [0.15, 0.2) is 54.9 Å². The Labute approximate surface area is 199 Å². The number of nitrogens with zero attached hydrogens (tertiary/aromatic N) is 5. The standard InChI is InChI=1S/C25H29ClN6O/c1-30(2)12-13-31(3)17-10-11-21(23(14-17)33-5)28-25-27-15-20(26)24(29-25)19-16-32(4)22-9-7-6-8-18(19)22/h6-11,14-16H,12-13H2,1-5H3,(H,27,28,29). The summed E-state index contributed by atoms with van der Waals surface area (Å²) in [4.78, 5) is 13.5. The molecule has 0 saturated heterocycles. The summed E-state index contributed by atoms with van der Waals surface area (Å²) >= 11 is 6.51. The van der Waals surface area contributed by atoms with Crippen molar-refractivity contribution >= 4 is 39.8 Å². The van der Waals surface area contributed by atoms with Gasteiger partial charge in [-0.15, -0.1) is 0 Å². The van der Waals surface area contributed by atoms with Crippen LogP contribution < -0.4 is 15.0 Å². The van der Waals surface area contributed by atoms with Crippen LogP contribution in [0, 0.1) is 0 Å². The quantitative estimate of drug-likeness (QED) is 0.394. The summed E-state index contributed by atoms with van der Waals surface area (Å²) in [5.74, 6) is 1.17. The zero-order valence-electron chi connectivity index (χ0n) is 19.6. The number of hydrogen-bond donors (Lipinski definition) is 1. The van der Waals surface area contributed by atoms with E-state index in [1.165, 1.54) is 0 Å². The number of benzene rings is 2. The summed E-state index contributed by atoms with van der Waals surface area (Å²) in [6.45, 7) is 1.88. The van der Waals surface area contributed by atoms with E-state index >= 15 is 0 Å². The maximum atomic E-state index is 6.51. The van der Waals surface area contributed by atoms with E-state index < -0.39 is 0 Å². The lowest BCUT2D eigenvalue weighted by atomic mass is 10.1. The number of fused-ring (bicyclic) bond motifs is 1. The van der Waals surface area contributed by atoms with Gasteiger partial charge in [0.25, 0.3) is 0 Å².